The summed E-state index contributed by atoms with van der Waals surface area (Å²) in [7, 11) is -5.09. The second-order valence-corrected chi connectivity index (χ2v) is 5.11. The summed E-state index contributed by atoms with van der Waals surface area (Å²) >= 11 is 0. The first-order valence-electron chi connectivity index (χ1n) is 4.89. The molecule has 0 saturated carbocycles. The molecular formula is C10H8F4O5S. The molecule has 0 N–H and O–H groups in total. The van der Waals surface area contributed by atoms with Gasteiger partial charge in [0.15, 0.2) is 5.75 Å². The van der Waals surface area contributed by atoms with Crippen LogP contribution in [0.2, 0.25) is 0 Å². The van der Waals surface area contributed by atoms with E-state index in [1.165, 1.54) is 0 Å². The van der Waals surface area contributed by atoms with Gasteiger partial charge in [-0.3, -0.25) is 0 Å². The number of methoxy groups -OCH3 is 1. The van der Waals surface area contributed by atoms with E-state index >= 15 is 0 Å². The lowest BCUT2D eigenvalue weighted by atomic mass is 10.1. The van der Waals surface area contributed by atoms with Gasteiger partial charge in [-0.25, -0.2) is 9.18 Å². The third-order valence-electron chi connectivity index (χ3n) is 2.12. The molecule has 0 unspecified atom stereocenters. The molecule has 112 valence electrons. The van der Waals surface area contributed by atoms with Crippen LogP contribution in [0.5, 0.6) is 5.75 Å². The van der Waals surface area contributed by atoms with Crippen LogP contribution in [0.15, 0.2) is 12.1 Å². The molecule has 1 aromatic rings. The molecule has 0 saturated heterocycles. The second-order valence-electron chi connectivity index (χ2n) is 3.57. The molecule has 1 rings (SSSR count). The molecule has 0 aromatic heterocycles. The van der Waals surface area contributed by atoms with Gasteiger partial charge in [-0.1, -0.05) is 0 Å². The molecule has 0 aliphatic rings. The predicted octanol–water partition coefficient (Wildman–Crippen LogP) is 2.15. The molecule has 20 heavy (non-hydrogen) atoms. The lowest BCUT2D eigenvalue weighted by Crippen LogP contribution is -2.29. The van der Waals surface area contributed by atoms with Crippen molar-refractivity contribution < 1.29 is 39.7 Å². The first kappa shape index (κ1) is 16.2. The van der Waals surface area contributed by atoms with E-state index in [0.717, 1.165) is 14.0 Å². The maximum Gasteiger partial charge on any atom is 0.534 e. The number of aryl methyl sites for hydroxylation is 1. The summed E-state index contributed by atoms with van der Waals surface area (Å²) < 4.78 is 79.8. The first-order valence-corrected chi connectivity index (χ1v) is 6.29. The van der Waals surface area contributed by atoms with Gasteiger partial charge in [-0.15, -0.1) is 0 Å². The summed E-state index contributed by atoms with van der Waals surface area (Å²) in [5.74, 6) is -3.13. The van der Waals surface area contributed by atoms with Gasteiger partial charge in [0.2, 0.25) is 0 Å². The number of hydrogen-bond acceptors (Lipinski definition) is 5. The Morgan fingerprint density at radius 1 is 1.25 bits per heavy atom. The summed E-state index contributed by atoms with van der Waals surface area (Å²) in [6, 6.07) is 1.23. The summed E-state index contributed by atoms with van der Waals surface area (Å²) in [5, 5.41) is 0. The van der Waals surface area contributed by atoms with Gasteiger partial charge in [0.05, 0.1) is 7.11 Å². The average molecular weight is 316 g/mol. The number of benzene rings is 1. The van der Waals surface area contributed by atoms with Gasteiger partial charge >= 0.3 is 21.6 Å². The Bertz CT molecular complexity index is 636. The standard InChI is InChI=1S/C10H8F4O5S/c1-5-3-6(11)4-7(9(15)18-2)8(5)19-20(16,17)10(12,13)14/h3-4H,1-2H3. The molecule has 0 spiro atoms. The molecule has 0 atom stereocenters. The minimum Gasteiger partial charge on any atom is -0.465 e. The smallest absolute Gasteiger partial charge is 0.465 e. The van der Waals surface area contributed by atoms with E-state index in [0.29, 0.717) is 12.1 Å². The SMILES string of the molecule is COC(=O)c1cc(F)cc(C)c1OS(=O)(=O)C(F)(F)F. The van der Waals surface area contributed by atoms with Gasteiger partial charge in [0, 0.05) is 0 Å². The highest BCUT2D eigenvalue weighted by Crippen LogP contribution is 2.32. The Morgan fingerprint density at radius 3 is 2.25 bits per heavy atom. The van der Waals surface area contributed by atoms with Crippen LogP contribution in [0, 0.1) is 12.7 Å². The van der Waals surface area contributed by atoms with Crippen molar-refractivity contribution in [3.8, 4) is 5.75 Å². The van der Waals surface area contributed by atoms with Crippen LogP contribution >= 0.6 is 0 Å². The Kier molecular flexibility index (Phi) is 4.27. The first-order chi connectivity index (χ1) is 8.99. The minimum absolute atomic E-state index is 0.307. The number of esters is 1. The largest absolute Gasteiger partial charge is 0.534 e. The monoisotopic (exact) mass is 316 g/mol. The number of carbonyl (C=O) groups is 1. The number of alkyl halides is 3. The van der Waals surface area contributed by atoms with Crippen LogP contribution < -0.4 is 4.18 Å². The van der Waals surface area contributed by atoms with Crippen molar-refractivity contribution in [2.24, 2.45) is 0 Å². The van der Waals surface area contributed by atoms with Gasteiger partial charge < -0.3 is 8.92 Å². The van der Waals surface area contributed by atoms with Crippen molar-refractivity contribution in [3.63, 3.8) is 0 Å². The zero-order valence-corrected chi connectivity index (χ0v) is 10.9. The van der Waals surface area contributed by atoms with Crippen LogP contribution in [0.25, 0.3) is 0 Å². The van der Waals surface area contributed by atoms with Gasteiger partial charge in [0.1, 0.15) is 11.4 Å². The highest BCUT2D eigenvalue weighted by atomic mass is 32.2. The van der Waals surface area contributed by atoms with E-state index in [1.54, 1.807) is 0 Å². The molecular weight excluding hydrogens is 308 g/mol. The fourth-order valence-corrected chi connectivity index (χ4v) is 1.79. The summed E-state index contributed by atoms with van der Waals surface area (Å²) in [6.07, 6.45) is 0. The van der Waals surface area contributed by atoms with Gasteiger partial charge in [0.25, 0.3) is 0 Å². The summed E-state index contributed by atoms with van der Waals surface area (Å²) in [4.78, 5) is 11.3. The maximum atomic E-state index is 13.1. The van der Waals surface area contributed by atoms with Gasteiger partial charge in [-0.2, -0.15) is 21.6 Å². The van der Waals surface area contributed by atoms with E-state index in [4.69, 9.17) is 0 Å². The minimum atomic E-state index is -5.98. The Morgan fingerprint density at radius 2 is 1.80 bits per heavy atom. The van der Waals surface area contributed by atoms with Gasteiger partial charge in [-0.05, 0) is 24.6 Å². The molecule has 0 aliphatic carbocycles. The molecule has 0 radical (unpaired) electrons. The number of hydrogen-bond donors (Lipinski definition) is 0. The van der Waals surface area contributed by atoms with Crippen molar-refractivity contribution in [2.45, 2.75) is 12.4 Å². The van der Waals surface area contributed by atoms with Crippen molar-refractivity contribution in [1.29, 1.82) is 0 Å². The Balaban J connectivity index is 3.42. The van der Waals surface area contributed by atoms with Crippen LogP contribution in [-0.4, -0.2) is 27.0 Å². The van der Waals surface area contributed by atoms with Crippen molar-refractivity contribution >= 4 is 16.1 Å². The van der Waals surface area contributed by atoms with E-state index in [1.807, 2.05) is 0 Å². The average Bonchev–Trinajstić information content (AvgIpc) is 2.29. The van der Waals surface area contributed by atoms with E-state index in [2.05, 4.69) is 8.92 Å². The number of halogens is 4. The summed E-state index contributed by atoms with van der Waals surface area (Å²) in [6.45, 7) is 1.08. The lowest BCUT2D eigenvalue weighted by molar-refractivity contribution is -0.0500. The third-order valence-corrected chi connectivity index (χ3v) is 3.07. The molecule has 0 amide bonds. The molecule has 0 fully saturated rings. The number of carbonyl (C=O) groups excluding carboxylic acids is 1. The third kappa shape index (κ3) is 3.18. The Hall–Kier alpha value is -1.84. The molecule has 0 aliphatic heterocycles. The van der Waals surface area contributed by atoms with E-state index in [-0.39, 0.29) is 5.56 Å². The van der Waals surface area contributed by atoms with Crippen LogP contribution in [0.1, 0.15) is 15.9 Å². The fraction of sp³-hybridized carbons (Fsp3) is 0.300. The highest BCUT2D eigenvalue weighted by Gasteiger charge is 2.49. The molecule has 0 heterocycles. The summed E-state index contributed by atoms with van der Waals surface area (Å²) in [5.41, 5.74) is -6.75. The normalized spacial score (nSPS) is 12.1. The zero-order valence-electron chi connectivity index (χ0n) is 10.1. The zero-order chi connectivity index (χ0) is 15.7. The van der Waals surface area contributed by atoms with Crippen LogP contribution in [0.4, 0.5) is 17.6 Å². The van der Waals surface area contributed by atoms with Crippen LogP contribution in [-0.2, 0) is 14.9 Å². The number of rotatable bonds is 3. The van der Waals surface area contributed by atoms with Crippen molar-refractivity contribution in [2.75, 3.05) is 7.11 Å². The molecule has 0 bridgehead atoms. The molecule has 1 aromatic carbocycles. The van der Waals surface area contributed by atoms with Crippen LogP contribution in [0.3, 0.4) is 0 Å². The van der Waals surface area contributed by atoms with E-state index in [9.17, 15) is 30.8 Å². The predicted molar refractivity (Wildman–Crippen MR) is 58.1 cm³/mol. The quantitative estimate of drug-likeness (QED) is 0.370. The second kappa shape index (κ2) is 5.27. The van der Waals surface area contributed by atoms with Crippen molar-refractivity contribution in [3.05, 3.63) is 29.1 Å². The topological polar surface area (TPSA) is 69.7 Å². The van der Waals surface area contributed by atoms with E-state index < -0.39 is 38.7 Å². The fourth-order valence-electron chi connectivity index (χ4n) is 1.26. The number of ether oxygens (including phenoxy) is 1. The highest BCUT2D eigenvalue weighted by molar-refractivity contribution is 7.88. The molecule has 10 heteroatoms. The molecule has 5 nitrogen and oxygen atoms in total. The lowest BCUT2D eigenvalue weighted by Gasteiger charge is -2.14. The Labute approximate surface area is 111 Å². The maximum absolute atomic E-state index is 13.1. The van der Waals surface area contributed by atoms with Crippen molar-refractivity contribution in [1.82, 2.24) is 0 Å².